The fourth-order valence-electron chi connectivity index (χ4n) is 5.50. The smallest absolute Gasteiger partial charge is 0.196 e. The SMILES string of the molecule is C=C.C=CC1=C(C=C)C(=O)C(/C=C\CC)=C(C(=C)C)C1=C.CC.CC.CNc1c(C)ccc2c1C(=O)c1ccccc1C2=C1CC1. The van der Waals surface area contributed by atoms with E-state index >= 15 is 0 Å². The van der Waals surface area contributed by atoms with E-state index in [1.165, 1.54) is 11.1 Å². The summed E-state index contributed by atoms with van der Waals surface area (Å²) >= 11 is 0. The van der Waals surface area contributed by atoms with Crippen LogP contribution in [0.4, 0.5) is 5.69 Å². The van der Waals surface area contributed by atoms with Crippen LogP contribution in [0.1, 0.15) is 93.4 Å². The van der Waals surface area contributed by atoms with Crippen LogP contribution in [0.5, 0.6) is 0 Å². The van der Waals surface area contributed by atoms with Gasteiger partial charge in [0.1, 0.15) is 0 Å². The van der Waals surface area contributed by atoms with Gasteiger partial charge >= 0.3 is 0 Å². The highest BCUT2D eigenvalue weighted by Gasteiger charge is 2.33. The van der Waals surface area contributed by atoms with Gasteiger partial charge in [-0.2, -0.15) is 0 Å². The minimum Gasteiger partial charge on any atom is -0.387 e. The van der Waals surface area contributed by atoms with Gasteiger partial charge in [0.25, 0.3) is 0 Å². The second-order valence-electron chi connectivity index (χ2n) is 10.2. The van der Waals surface area contributed by atoms with Crippen LogP contribution < -0.4 is 5.32 Å². The number of carbonyl (C=O) groups is 2. The van der Waals surface area contributed by atoms with E-state index in [-0.39, 0.29) is 11.6 Å². The summed E-state index contributed by atoms with van der Waals surface area (Å²) in [5, 5.41) is 3.22. The second kappa shape index (κ2) is 18.9. The van der Waals surface area contributed by atoms with Gasteiger partial charge in [0, 0.05) is 29.4 Å². The molecule has 0 saturated heterocycles. The van der Waals surface area contributed by atoms with Crippen molar-refractivity contribution in [2.24, 2.45) is 0 Å². The third kappa shape index (κ3) is 8.09. The summed E-state index contributed by atoms with van der Waals surface area (Å²) < 4.78 is 0. The number of benzene rings is 2. The van der Waals surface area contributed by atoms with E-state index in [0.717, 1.165) is 75.1 Å². The zero-order valence-electron chi connectivity index (χ0n) is 29.5. The molecule has 0 bridgehead atoms. The van der Waals surface area contributed by atoms with Crippen LogP contribution in [0.25, 0.3) is 5.57 Å². The molecule has 3 aliphatic rings. The van der Waals surface area contributed by atoms with Crippen molar-refractivity contribution >= 4 is 22.8 Å². The Hall–Kier alpha value is -4.76. The maximum atomic E-state index is 13.0. The van der Waals surface area contributed by atoms with Crippen molar-refractivity contribution in [2.75, 3.05) is 12.4 Å². The fraction of sp³-hybridized carbons (Fsp3) is 0.256. The summed E-state index contributed by atoms with van der Waals surface area (Å²) in [5.41, 5.74) is 13.1. The van der Waals surface area contributed by atoms with Crippen molar-refractivity contribution in [2.45, 2.75) is 67.7 Å². The number of allylic oxidation sites excluding steroid dienone is 11. The molecule has 1 fully saturated rings. The van der Waals surface area contributed by atoms with E-state index in [4.69, 9.17) is 0 Å². The second-order valence-corrected chi connectivity index (χ2v) is 10.2. The first-order valence-electron chi connectivity index (χ1n) is 16.2. The van der Waals surface area contributed by atoms with E-state index in [9.17, 15) is 9.59 Å². The molecule has 0 amide bonds. The van der Waals surface area contributed by atoms with Crippen LogP contribution in [-0.2, 0) is 4.79 Å². The number of anilines is 1. The molecule has 2 aromatic carbocycles. The van der Waals surface area contributed by atoms with Crippen molar-refractivity contribution in [3.05, 3.63) is 167 Å². The number of carbonyl (C=O) groups excluding carboxylic acids is 2. The van der Waals surface area contributed by atoms with Gasteiger partial charge in [-0.25, -0.2) is 0 Å². The highest BCUT2D eigenvalue weighted by molar-refractivity contribution is 6.22. The van der Waals surface area contributed by atoms with E-state index in [1.54, 1.807) is 12.2 Å². The molecule has 3 aliphatic carbocycles. The first-order valence-corrected chi connectivity index (χ1v) is 16.2. The van der Waals surface area contributed by atoms with Gasteiger partial charge in [-0.05, 0) is 77.7 Å². The molecule has 2 aromatic rings. The van der Waals surface area contributed by atoms with Crippen LogP contribution in [0.15, 0.2) is 139 Å². The van der Waals surface area contributed by atoms with Crippen LogP contribution in [0.3, 0.4) is 0 Å². The molecular weight excluding hydrogens is 562 g/mol. The van der Waals surface area contributed by atoms with Gasteiger partial charge in [0.05, 0.1) is 5.56 Å². The number of Topliss-reactive ketones (excluding diaryl/α,β-unsaturated/α-hetero) is 1. The van der Waals surface area contributed by atoms with E-state index < -0.39 is 0 Å². The number of rotatable bonds is 6. The highest BCUT2D eigenvalue weighted by Crippen LogP contribution is 2.47. The molecule has 242 valence electrons. The third-order valence-corrected chi connectivity index (χ3v) is 7.49. The molecule has 0 heterocycles. The predicted molar refractivity (Wildman–Crippen MR) is 203 cm³/mol. The van der Waals surface area contributed by atoms with Crippen LogP contribution in [0.2, 0.25) is 0 Å². The van der Waals surface area contributed by atoms with Crippen molar-refractivity contribution in [1.29, 1.82) is 0 Å². The van der Waals surface area contributed by atoms with Crippen LogP contribution >= 0.6 is 0 Å². The third-order valence-electron chi connectivity index (χ3n) is 7.49. The van der Waals surface area contributed by atoms with Crippen molar-refractivity contribution in [1.82, 2.24) is 0 Å². The maximum Gasteiger partial charge on any atom is 0.196 e. The van der Waals surface area contributed by atoms with E-state index in [0.29, 0.717) is 11.1 Å². The first-order chi connectivity index (χ1) is 22.2. The first kappa shape index (κ1) is 39.3. The molecule has 0 unspecified atom stereocenters. The Morgan fingerprint density at radius 1 is 0.848 bits per heavy atom. The molecule has 1 saturated carbocycles. The van der Waals surface area contributed by atoms with Crippen molar-refractivity contribution in [3.8, 4) is 0 Å². The van der Waals surface area contributed by atoms with Gasteiger partial charge in [0.15, 0.2) is 11.6 Å². The minimum atomic E-state index is -0.0417. The molecule has 0 spiro atoms. The van der Waals surface area contributed by atoms with Crippen LogP contribution in [0, 0.1) is 6.92 Å². The lowest BCUT2D eigenvalue weighted by Crippen LogP contribution is -2.17. The molecule has 3 heteroatoms. The summed E-state index contributed by atoms with van der Waals surface area (Å²) in [7, 11) is 1.89. The van der Waals surface area contributed by atoms with Gasteiger partial charge in [-0.3, -0.25) is 9.59 Å². The zero-order chi connectivity index (χ0) is 35.1. The molecule has 0 aliphatic heterocycles. The monoisotopic (exact) mass is 615 g/mol. The topological polar surface area (TPSA) is 46.2 Å². The average molecular weight is 616 g/mol. The summed E-state index contributed by atoms with van der Waals surface area (Å²) in [6.45, 7) is 35.5. The molecule has 0 radical (unpaired) electrons. The lowest BCUT2D eigenvalue weighted by molar-refractivity contribution is -0.111. The lowest BCUT2D eigenvalue weighted by atomic mass is 9.79. The molecule has 1 N–H and O–H groups in total. The van der Waals surface area contributed by atoms with Crippen molar-refractivity contribution in [3.63, 3.8) is 0 Å². The number of fused-ring (bicyclic) bond motifs is 2. The highest BCUT2D eigenvalue weighted by atomic mass is 16.1. The molecule has 3 nitrogen and oxygen atoms in total. The molecule has 46 heavy (non-hydrogen) atoms. The number of aryl methyl sites for hydroxylation is 1. The van der Waals surface area contributed by atoms with Crippen molar-refractivity contribution < 1.29 is 9.59 Å². The standard InChI is InChI=1S/C19H17NO.C18H20O.2C2H6.C2H4/c1-11-7-10-15-16(12-8-9-12)13-5-3-4-6-14(13)19(21)17(15)18(11)20-2;1-7-10-11-16-17(12(4)5)13(6)14(8-2)15(9-3)18(16)19;3*1-2/h3-7,10,20H,8-9H2,1-2H3;8-11H,2-4,6-7H2,1,5H3;2*1-2H3;1-2H2/b;11-10-;;;. The number of ketones is 2. The Kier molecular flexibility index (Phi) is 16.1. The average Bonchev–Trinajstić information content (AvgIpc) is 3.93. The molecule has 5 rings (SSSR count). The normalized spacial score (nSPS) is 14.2. The number of nitrogens with one attached hydrogen (secondary N) is 1. The Bertz CT molecular complexity index is 1630. The van der Waals surface area contributed by atoms with E-state index in [1.807, 2.05) is 85.9 Å². The minimum absolute atomic E-state index is 0.0417. The number of hydrogen-bond acceptors (Lipinski definition) is 3. The largest absolute Gasteiger partial charge is 0.387 e. The Morgan fingerprint density at radius 2 is 1.41 bits per heavy atom. The summed E-state index contributed by atoms with van der Waals surface area (Å²) in [5.74, 6) is 0.0960. The lowest BCUT2D eigenvalue weighted by Gasteiger charge is -2.25. The summed E-state index contributed by atoms with van der Waals surface area (Å²) in [6, 6.07) is 12.2. The van der Waals surface area contributed by atoms with Gasteiger partial charge in [-0.15, -0.1) is 13.2 Å². The summed E-state index contributed by atoms with van der Waals surface area (Å²) in [4.78, 5) is 25.5. The Morgan fingerprint density at radius 3 is 1.89 bits per heavy atom. The molecule has 0 atom stereocenters. The van der Waals surface area contributed by atoms with Crippen LogP contribution in [-0.4, -0.2) is 18.6 Å². The summed E-state index contributed by atoms with van der Waals surface area (Å²) in [6.07, 6.45) is 10.2. The zero-order valence-corrected chi connectivity index (χ0v) is 29.5. The van der Waals surface area contributed by atoms with E-state index in [2.05, 4.69) is 63.0 Å². The molecular formula is C43H53NO2. The van der Waals surface area contributed by atoms with Gasteiger partial charge in [0.2, 0.25) is 0 Å². The maximum absolute atomic E-state index is 13.0. The quantitative estimate of drug-likeness (QED) is 0.281. The Balaban J connectivity index is 0.000000398. The van der Waals surface area contributed by atoms with Gasteiger partial charge < -0.3 is 5.32 Å². The number of hydrogen-bond donors (Lipinski definition) is 1. The molecule has 0 aromatic heterocycles. The fourth-order valence-corrected chi connectivity index (χ4v) is 5.50. The Labute approximate surface area is 278 Å². The van der Waals surface area contributed by atoms with Gasteiger partial charge in [-0.1, -0.05) is 127 Å². The predicted octanol–water partition coefficient (Wildman–Crippen LogP) is 11.7.